The van der Waals surface area contributed by atoms with Crippen LogP contribution < -0.4 is 0 Å². The van der Waals surface area contributed by atoms with Gasteiger partial charge in [-0.2, -0.15) is 0 Å². The van der Waals surface area contributed by atoms with Crippen LogP contribution in [0.15, 0.2) is 0 Å². The van der Waals surface area contributed by atoms with Gasteiger partial charge < -0.3 is 5.11 Å². The minimum Gasteiger partial charge on any atom is -0.363 e. The van der Waals surface area contributed by atoms with Gasteiger partial charge in [-0.15, -0.1) is 0 Å². The molecule has 0 saturated carbocycles. The number of halogens is 2. The molecule has 0 fully saturated rings. The second-order valence-electron chi connectivity index (χ2n) is 0.842. The van der Waals surface area contributed by atoms with Crippen LogP contribution in [0, 0.1) is 0 Å². The molecule has 32 valence electrons. The fourth-order valence-electron chi connectivity index (χ4n) is 0. The topological polar surface area (TPSA) is 20.2 Å². The molecular weight excluding hydrogens is 111 g/mol. The third-order valence-corrected chi connectivity index (χ3v) is 0. The lowest BCUT2D eigenvalue weighted by Gasteiger charge is -1.97. The Morgan fingerprint density at radius 1 is 1.60 bits per heavy atom. The van der Waals surface area contributed by atoms with E-state index in [2.05, 4.69) is 0 Å². The van der Waals surface area contributed by atoms with Crippen molar-refractivity contribution in [1.29, 1.82) is 0 Å². The van der Waals surface area contributed by atoms with Crippen molar-refractivity contribution < 1.29 is 5.11 Å². The van der Waals surface area contributed by atoms with Gasteiger partial charge in [0.05, 0.1) is 0 Å². The summed E-state index contributed by atoms with van der Waals surface area (Å²) >= 11 is 9.70. The number of aliphatic hydroxyl groups is 1. The Balaban J connectivity index is 3.02. The lowest BCUT2D eigenvalue weighted by molar-refractivity contribution is 0.236. The summed E-state index contributed by atoms with van der Waals surface area (Å²) < 4.78 is -1.56. The van der Waals surface area contributed by atoms with Crippen molar-refractivity contribution >= 4 is 23.2 Å². The zero-order valence-electron chi connectivity index (χ0n) is 2.70. The van der Waals surface area contributed by atoms with Crippen LogP contribution in [0.3, 0.4) is 0 Å². The zero-order chi connectivity index (χ0) is 4.50. The van der Waals surface area contributed by atoms with Gasteiger partial charge >= 0.3 is 0 Å². The van der Waals surface area contributed by atoms with E-state index < -0.39 is 4.52 Å². The van der Waals surface area contributed by atoms with Crippen molar-refractivity contribution in [3.8, 4) is 0 Å². The van der Waals surface area contributed by atoms with Crippen LogP contribution in [0.5, 0.6) is 0 Å². The Morgan fingerprint density at radius 3 is 1.60 bits per heavy atom. The van der Waals surface area contributed by atoms with Gasteiger partial charge in [0.25, 0.3) is 0 Å². The highest BCUT2D eigenvalue weighted by Gasteiger charge is 2.05. The second kappa shape index (κ2) is 1.33. The quantitative estimate of drug-likeness (QED) is 0.469. The first kappa shape index (κ1) is 5.54. The molecule has 5 heavy (non-hydrogen) atoms. The highest BCUT2D eigenvalue weighted by Crippen LogP contribution is 2.12. The van der Waals surface area contributed by atoms with Crippen molar-refractivity contribution in [2.24, 2.45) is 0 Å². The zero-order valence-corrected chi connectivity index (χ0v) is 4.22. The van der Waals surface area contributed by atoms with Gasteiger partial charge in [0.2, 0.25) is 4.52 Å². The minimum absolute atomic E-state index is 1.27. The van der Waals surface area contributed by atoms with E-state index in [1.54, 1.807) is 0 Å². The summed E-state index contributed by atoms with van der Waals surface area (Å²) in [4.78, 5) is 0. The Labute approximate surface area is 40.5 Å². The van der Waals surface area contributed by atoms with Gasteiger partial charge in [-0.25, -0.2) is 0 Å². The summed E-state index contributed by atoms with van der Waals surface area (Å²) in [5.74, 6) is 0. The summed E-state index contributed by atoms with van der Waals surface area (Å²) in [5.41, 5.74) is 0. The first-order valence-corrected chi connectivity index (χ1v) is 1.86. The van der Waals surface area contributed by atoms with Gasteiger partial charge in [-0.3, -0.25) is 0 Å². The average Bonchev–Trinajstić information content (AvgIpc) is 0.722. The van der Waals surface area contributed by atoms with Crippen molar-refractivity contribution in [1.82, 2.24) is 0 Å². The van der Waals surface area contributed by atoms with Crippen LogP contribution in [-0.2, 0) is 0 Å². The molecule has 1 N–H and O–H groups in total. The van der Waals surface area contributed by atoms with Gasteiger partial charge in [-0.1, -0.05) is 23.2 Å². The van der Waals surface area contributed by atoms with Crippen molar-refractivity contribution in [2.45, 2.75) is 11.4 Å². The van der Waals surface area contributed by atoms with Gasteiger partial charge in [0, 0.05) is 0 Å². The van der Waals surface area contributed by atoms with Crippen LogP contribution in [0.2, 0.25) is 0 Å². The van der Waals surface area contributed by atoms with Crippen LogP contribution in [-0.4, -0.2) is 9.63 Å². The van der Waals surface area contributed by atoms with Gasteiger partial charge in [-0.05, 0) is 6.92 Å². The maximum Gasteiger partial charge on any atom is 0.212 e. The fraction of sp³-hybridized carbons (Fsp3) is 1.00. The standard InChI is InChI=1S/C2H4Cl2O/c1-2(3,4)5/h5H,1H3. The molecule has 0 aliphatic rings. The highest BCUT2D eigenvalue weighted by atomic mass is 35.5. The average molecular weight is 115 g/mol. The summed E-state index contributed by atoms with van der Waals surface area (Å²) in [6, 6.07) is 0. The Bertz CT molecular complexity index is 23.1. The van der Waals surface area contributed by atoms with Crippen LogP contribution in [0.25, 0.3) is 0 Å². The minimum atomic E-state index is -1.56. The molecule has 0 rings (SSSR count). The molecule has 0 atom stereocenters. The maximum atomic E-state index is 8.05. The van der Waals surface area contributed by atoms with Gasteiger partial charge in [0.1, 0.15) is 0 Å². The number of hydrogen-bond acceptors (Lipinski definition) is 1. The molecule has 1 nitrogen and oxygen atoms in total. The fourth-order valence-corrected chi connectivity index (χ4v) is 0. The van der Waals surface area contributed by atoms with E-state index >= 15 is 0 Å². The molecule has 0 heterocycles. The van der Waals surface area contributed by atoms with E-state index in [0.29, 0.717) is 0 Å². The molecule has 0 radical (unpaired) electrons. The van der Waals surface area contributed by atoms with Crippen molar-refractivity contribution in [3.05, 3.63) is 0 Å². The van der Waals surface area contributed by atoms with E-state index in [9.17, 15) is 0 Å². The predicted molar refractivity (Wildman–Crippen MR) is 22.3 cm³/mol. The molecule has 0 amide bonds. The van der Waals surface area contributed by atoms with Crippen LogP contribution in [0.4, 0.5) is 0 Å². The summed E-state index contributed by atoms with van der Waals surface area (Å²) in [5, 5.41) is 8.05. The van der Waals surface area contributed by atoms with Crippen molar-refractivity contribution in [3.63, 3.8) is 0 Å². The molecule has 0 aliphatic carbocycles. The van der Waals surface area contributed by atoms with E-state index in [4.69, 9.17) is 28.3 Å². The monoisotopic (exact) mass is 114 g/mol. The maximum absolute atomic E-state index is 8.05. The van der Waals surface area contributed by atoms with E-state index in [-0.39, 0.29) is 0 Å². The van der Waals surface area contributed by atoms with Gasteiger partial charge in [0.15, 0.2) is 0 Å². The third-order valence-electron chi connectivity index (χ3n) is 0. The molecule has 0 aromatic heterocycles. The lowest BCUT2D eigenvalue weighted by atomic mass is 10.9. The molecule has 3 heteroatoms. The first-order valence-electron chi connectivity index (χ1n) is 1.10. The number of rotatable bonds is 0. The molecule has 0 unspecified atom stereocenters. The molecule has 0 aromatic carbocycles. The molecule has 0 spiro atoms. The number of hydrogen-bond donors (Lipinski definition) is 1. The molecule has 0 saturated heterocycles. The highest BCUT2D eigenvalue weighted by molar-refractivity contribution is 6.46. The van der Waals surface area contributed by atoms with E-state index in [0.717, 1.165) is 0 Å². The largest absolute Gasteiger partial charge is 0.363 e. The third kappa shape index (κ3) is 100. The predicted octanol–water partition coefficient (Wildman–Crippen LogP) is 1.13. The SMILES string of the molecule is CC(O)(Cl)Cl. The number of alkyl halides is 2. The summed E-state index contributed by atoms with van der Waals surface area (Å²) in [6.07, 6.45) is 0. The molecule has 0 aliphatic heterocycles. The van der Waals surface area contributed by atoms with Crippen molar-refractivity contribution in [2.75, 3.05) is 0 Å². The Hall–Kier alpha value is 0.540. The smallest absolute Gasteiger partial charge is 0.212 e. The second-order valence-corrected chi connectivity index (χ2v) is 2.51. The van der Waals surface area contributed by atoms with E-state index in [1.807, 2.05) is 0 Å². The van der Waals surface area contributed by atoms with E-state index in [1.165, 1.54) is 6.92 Å². The van der Waals surface area contributed by atoms with Crippen LogP contribution in [0.1, 0.15) is 6.92 Å². The molecule has 0 aromatic rings. The summed E-state index contributed by atoms with van der Waals surface area (Å²) in [6.45, 7) is 1.27. The molecular formula is C2H4Cl2O. The Kier molecular flexibility index (Phi) is 1.47. The lowest BCUT2D eigenvalue weighted by Crippen LogP contribution is -2.00. The van der Waals surface area contributed by atoms with Crippen LogP contribution >= 0.6 is 23.2 Å². The molecule has 0 bridgehead atoms. The normalized spacial score (nSPS) is 12.0. The summed E-state index contributed by atoms with van der Waals surface area (Å²) in [7, 11) is 0. The Morgan fingerprint density at radius 2 is 1.60 bits per heavy atom. The first-order chi connectivity index (χ1) is 2.00.